The fraction of sp³-hybridized carbons (Fsp3) is 0.278. The molecule has 2 aromatic rings. The number of amides is 1. The van der Waals surface area contributed by atoms with Gasteiger partial charge in [-0.3, -0.25) is 14.9 Å². The van der Waals surface area contributed by atoms with E-state index in [0.717, 1.165) is 5.56 Å². The van der Waals surface area contributed by atoms with E-state index in [1.807, 2.05) is 18.2 Å². The molecule has 1 unspecified atom stereocenters. The molecule has 1 aliphatic rings. The van der Waals surface area contributed by atoms with Crippen LogP contribution in [0.2, 0.25) is 5.02 Å². The zero-order valence-electron chi connectivity index (χ0n) is 14.1. The van der Waals surface area contributed by atoms with Crippen molar-refractivity contribution in [3.05, 3.63) is 74.3 Å². The van der Waals surface area contributed by atoms with E-state index in [0.29, 0.717) is 35.8 Å². The van der Waals surface area contributed by atoms with E-state index in [1.54, 1.807) is 24.0 Å². The van der Waals surface area contributed by atoms with Crippen molar-refractivity contribution >= 4 is 35.6 Å². The summed E-state index contributed by atoms with van der Waals surface area (Å²) in [6.07, 6.45) is 0. The van der Waals surface area contributed by atoms with Crippen molar-refractivity contribution in [3.8, 4) is 0 Å². The molecule has 8 heteroatoms. The number of carbonyl (C=O) groups is 1. The van der Waals surface area contributed by atoms with Gasteiger partial charge in [0.1, 0.15) is 0 Å². The third-order valence-electron chi connectivity index (χ3n) is 4.38. The van der Waals surface area contributed by atoms with Gasteiger partial charge >= 0.3 is 0 Å². The molecule has 3 rings (SSSR count). The summed E-state index contributed by atoms with van der Waals surface area (Å²) in [6.45, 7) is 3.54. The van der Waals surface area contributed by atoms with Crippen LogP contribution < -0.4 is 5.32 Å². The van der Waals surface area contributed by atoms with Gasteiger partial charge in [-0.05, 0) is 36.8 Å². The normalized spacial score (nSPS) is 16.7. The van der Waals surface area contributed by atoms with Gasteiger partial charge in [0.05, 0.1) is 11.0 Å². The lowest BCUT2D eigenvalue weighted by atomic mass is 10.0. The number of rotatable bonds is 3. The minimum atomic E-state index is -0.441. The van der Waals surface area contributed by atoms with Gasteiger partial charge in [0, 0.05) is 41.9 Å². The molecule has 0 saturated carbocycles. The fourth-order valence-electron chi connectivity index (χ4n) is 3.12. The molecule has 1 amide bonds. The van der Waals surface area contributed by atoms with E-state index in [2.05, 4.69) is 5.32 Å². The largest absolute Gasteiger partial charge is 0.329 e. The molecule has 0 radical (unpaired) electrons. The molecular weight excluding hydrogens is 377 g/mol. The number of hydrogen-bond acceptors (Lipinski definition) is 4. The Kier molecular flexibility index (Phi) is 6.58. The second-order valence-corrected chi connectivity index (χ2v) is 6.47. The van der Waals surface area contributed by atoms with Gasteiger partial charge in [0.15, 0.2) is 0 Å². The molecule has 0 aromatic heterocycles. The van der Waals surface area contributed by atoms with Crippen LogP contribution in [0, 0.1) is 17.0 Å². The Balaban J connectivity index is 0.00000243. The SMILES string of the molecule is Cc1cc(C(=O)N2CCNCC2c2cccc(Cl)c2)ccc1[N+](=O)[O-].Cl. The highest BCUT2D eigenvalue weighted by atomic mass is 35.5. The predicted octanol–water partition coefficient (Wildman–Crippen LogP) is 3.77. The highest BCUT2D eigenvalue weighted by Gasteiger charge is 2.29. The minimum Gasteiger partial charge on any atom is -0.329 e. The van der Waals surface area contributed by atoms with E-state index >= 15 is 0 Å². The van der Waals surface area contributed by atoms with E-state index < -0.39 is 4.92 Å². The first-order valence-electron chi connectivity index (χ1n) is 7.99. The Morgan fingerprint density at radius 1 is 1.31 bits per heavy atom. The molecule has 1 aliphatic heterocycles. The van der Waals surface area contributed by atoms with Crippen LogP contribution in [-0.2, 0) is 0 Å². The lowest BCUT2D eigenvalue weighted by Crippen LogP contribution is -2.48. The summed E-state index contributed by atoms with van der Waals surface area (Å²) in [5, 5.41) is 14.9. The monoisotopic (exact) mass is 395 g/mol. The van der Waals surface area contributed by atoms with Crippen molar-refractivity contribution in [3.63, 3.8) is 0 Å². The Morgan fingerprint density at radius 3 is 2.73 bits per heavy atom. The lowest BCUT2D eigenvalue weighted by Gasteiger charge is -2.36. The van der Waals surface area contributed by atoms with Crippen molar-refractivity contribution < 1.29 is 9.72 Å². The number of halogens is 2. The zero-order valence-corrected chi connectivity index (χ0v) is 15.7. The lowest BCUT2D eigenvalue weighted by molar-refractivity contribution is -0.385. The van der Waals surface area contributed by atoms with Crippen LogP contribution in [0.4, 0.5) is 5.69 Å². The van der Waals surface area contributed by atoms with Gasteiger partial charge in [0.25, 0.3) is 11.6 Å². The molecule has 1 heterocycles. The summed E-state index contributed by atoms with van der Waals surface area (Å²) in [5.41, 5.74) is 1.91. The van der Waals surface area contributed by atoms with Crippen LogP contribution in [0.3, 0.4) is 0 Å². The predicted molar refractivity (Wildman–Crippen MR) is 103 cm³/mol. The highest BCUT2D eigenvalue weighted by Crippen LogP contribution is 2.27. The molecule has 6 nitrogen and oxygen atoms in total. The summed E-state index contributed by atoms with van der Waals surface area (Å²) in [6, 6.07) is 11.8. The van der Waals surface area contributed by atoms with Crippen molar-refractivity contribution in [1.82, 2.24) is 10.2 Å². The maximum Gasteiger partial charge on any atom is 0.272 e. The van der Waals surface area contributed by atoms with Crippen LogP contribution in [-0.4, -0.2) is 35.4 Å². The van der Waals surface area contributed by atoms with Crippen molar-refractivity contribution in [2.24, 2.45) is 0 Å². The quantitative estimate of drug-likeness (QED) is 0.633. The van der Waals surface area contributed by atoms with Crippen LogP contribution in [0.15, 0.2) is 42.5 Å². The number of piperazine rings is 1. The Labute approximate surface area is 162 Å². The number of hydrogen-bond donors (Lipinski definition) is 1. The number of nitro benzene ring substituents is 1. The first-order valence-corrected chi connectivity index (χ1v) is 8.37. The first kappa shape index (κ1) is 20.2. The van der Waals surface area contributed by atoms with Gasteiger partial charge in [-0.15, -0.1) is 12.4 Å². The molecule has 1 saturated heterocycles. The maximum absolute atomic E-state index is 13.0. The fourth-order valence-corrected chi connectivity index (χ4v) is 3.32. The average Bonchev–Trinajstić information content (AvgIpc) is 2.60. The number of benzene rings is 2. The van der Waals surface area contributed by atoms with E-state index in [1.165, 1.54) is 12.1 Å². The summed E-state index contributed by atoms with van der Waals surface area (Å²) in [5.74, 6) is -0.135. The molecule has 0 spiro atoms. The van der Waals surface area contributed by atoms with Crippen molar-refractivity contribution in [1.29, 1.82) is 0 Å². The van der Waals surface area contributed by atoms with Crippen LogP contribution in [0.5, 0.6) is 0 Å². The van der Waals surface area contributed by atoms with Crippen LogP contribution in [0.1, 0.15) is 27.5 Å². The van der Waals surface area contributed by atoms with Crippen LogP contribution in [0.25, 0.3) is 0 Å². The molecule has 138 valence electrons. The molecule has 0 bridgehead atoms. The summed E-state index contributed by atoms with van der Waals surface area (Å²) < 4.78 is 0. The minimum absolute atomic E-state index is 0. The van der Waals surface area contributed by atoms with E-state index in [4.69, 9.17) is 11.6 Å². The first-order chi connectivity index (χ1) is 12.0. The summed E-state index contributed by atoms with van der Waals surface area (Å²) in [4.78, 5) is 25.3. The Hall–Kier alpha value is -2.15. The smallest absolute Gasteiger partial charge is 0.272 e. The van der Waals surface area contributed by atoms with Crippen LogP contribution >= 0.6 is 24.0 Å². The van der Waals surface area contributed by atoms with Crippen molar-refractivity contribution in [2.75, 3.05) is 19.6 Å². The Bertz CT molecular complexity index is 829. The number of aryl methyl sites for hydroxylation is 1. The van der Waals surface area contributed by atoms with Gasteiger partial charge < -0.3 is 10.2 Å². The number of nitrogens with zero attached hydrogens (tertiary/aromatic N) is 2. The van der Waals surface area contributed by atoms with Gasteiger partial charge in [0.2, 0.25) is 0 Å². The highest BCUT2D eigenvalue weighted by molar-refractivity contribution is 6.30. The number of nitrogens with one attached hydrogen (secondary N) is 1. The third-order valence-corrected chi connectivity index (χ3v) is 4.61. The summed E-state index contributed by atoms with van der Waals surface area (Å²) >= 11 is 6.09. The number of carbonyl (C=O) groups excluding carboxylic acids is 1. The molecule has 2 aromatic carbocycles. The third kappa shape index (κ3) is 4.15. The second kappa shape index (κ2) is 8.49. The van der Waals surface area contributed by atoms with Gasteiger partial charge in [-0.25, -0.2) is 0 Å². The molecule has 1 fully saturated rings. The molecule has 0 aliphatic carbocycles. The molecule has 1 atom stereocenters. The Morgan fingerprint density at radius 2 is 2.08 bits per heavy atom. The zero-order chi connectivity index (χ0) is 18.0. The van der Waals surface area contributed by atoms with Crippen molar-refractivity contribution in [2.45, 2.75) is 13.0 Å². The standard InChI is InChI=1S/C18H18ClN3O3.ClH/c1-12-9-14(5-6-16(12)22(24)25)18(23)21-8-7-20-11-17(21)13-3-2-4-15(19)10-13;/h2-6,9-10,17,20H,7-8,11H2,1H3;1H. The second-order valence-electron chi connectivity index (χ2n) is 6.03. The number of nitro groups is 1. The maximum atomic E-state index is 13.0. The molecule has 1 N–H and O–H groups in total. The molecule has 26 heavy (non-hydrogen) atoms. The van der Waals surface area contributed by atoms with E-state index in [9.17, 15) is 14.9 Å². The van der Waals surface area contributed by atoms with E-state index in [-0.39, 0.29) is 30.0 Å². The average molecular weight is 396 g/mol. The summed E-state index contributed by atoms with van der Waals surface area (Å²) in [7, 11) is 0. The van der Waals surface area contributed by atoms with Gasteiger partial charge in [-0.1, -0.05) is 23.7 Å². The van der Waals surface area contributed by atoms with Gasteiger partial charge in [-0.2, -0.15) is 0 Å². The topological polar surface area (TPSA) is 75.5 Å². The molecular formula is C18H19Cl2N3O3.